The van der Waals surface area contributed by atoms with Crippen molar-refractivity contribution in [2.24, 2.45) is 28.2 Å². The molecular formula is C19H30N8. The van der Waals surface area contributed by atoms with Gasteiger partial charge in [-0.3, -0.25) is 0 Å². The van der Waals surface area contributed by atoms with E-state index in [1.165, 1.54) is 5.69 Å². The molecule has 0 aliphatic heterocycles. The molecule has 0 aliphatic rings. The fourth-order valence-electron chi connectivity index (χ4n) is 1.73. The van der Waals surface area contributed by atoms with Crippen LogP contribution in [0.2, 0.25) is 0 Å². The first-order valence-corrected chi connectivity index (χ1v) is 8.53. The van der Waals surface area contributed by atoms with E-state index in [0.717, 1.165) is 11.5 Å². The summed E-state index contributed by atoms with van der Waals surface area (Å²) in [5.41, 5.74) is 2.27. The Hall–Kier alpha value is -3.16. The van der Waals surface area contributed by atoms with Gasteiger partial charge in [-0.15, -0.1) is 0 Å². The maximum Gasteiger partial charge on any atom is 0.105 e. The smallest absolute Gasteiger partial charge is 0.105 e. The normalized spacial score (nSPS) is 9.30. The molecule has 0 bridgehead atoms. The summed E-state index contributed by atoms with van der Waals surface area (Å²) in [4.78, 5) is 15.6. The summed E-state index contributed by atoms with van der Waals surface area (Å²) < 4.78 is 7.76. The van der Waals surface area contributed by atoms with Crippen LogP contribution in [0.5, 0.6) is 0 Å². The molecule has 8 heteroatoms. The summed E-state index contributed by atoms with van der Waals surface area (Å²) in [6, 6.07) is 0. The number of rotatable bonds is 0. The van der Waals surface area contributed by atoms with Gasteiger partial charge in [-0.25, -0.2) is 19.9 Å². The largest absolute Gasteiger partial charge is 0.341 e. The van der Waals surface area contributed by atoms with Crippen molar-refractivity contribution < 1.29 is 0 Å². The van der Waals surface area contributed by atoms with Gasteiger partial charge >= 0.3 is 0 Å². The average molecular weight is 371 g/mol. The molecule has 0 amide bonds. The predicted molar refractivity (Wildman–Crippen MR) is 107 cm³/mol. The SMILES string of the molecule is Cc1cn(C)cn1.Cc1cncn1C.Cc1nccn1C.Cn1ccnc1. The minimum absolute atomic E-state index is 1.06. The third-order valence-corrected chi connectivity index (χ3v) is 3.59. The molecule has 0 aliphatic carbocycles. The Morgan fingerprint density at radius 2 is 1.44 bits per heavy atom. The van der Waals surface area contributed by atoms with E-state index in [1.807, 2.05) is 92.0 Å². The number of aryl methyl sites for hydroxylation is 7. The van der Waals surface area contributed by atoms with Crippen LogP contribution in [0, 0.1) is 20.8 Å². The Labute approximate surface area is 161 Å². The zero-order valence-electron chi connectivity index (χ0n) is 17.3. The number of hydrogen-bond acceptors (Lipinski definition) is 4. The predicted octanol–water partition coefficient (Wildman–Crippen LogP) is 2.61. The maximum absolute atomic E-state index is 3.98. The lowest BCUT2D eigenvalue weighted by Crippen LogP contribution is -1.86. The molecule has 8 nitrogen and oxygen atoms in total. The zero-order valence-corrected chi connectivity index (χ0v) is 17.3. The second-order valence-corrected chi connectivity index (χ2v) is 6.14. The third-order valence-electron chi connectivity index (χ3n) is 3.59. The van der Waals surface area contributed by atoms with Crippen molar-refractivity contribution in [1.82, 2.24) is 38.2 Å². The number of aromatic nitrogens is 8. The zero-order chi connectivity index (χ0) is 20.2. The van der Waals surface area contributed by atoms with E-state index in [4.69, 9.17) is 0 Å². The lowest BCUT2D eigenvalue weighted by Gasteiger charge is -1.87. The summed E-state index contributed by atoms with van der Waals surface area (Å²) in [5.74, 6) is 1.06. The molecule has 0 saturated heterocycles. The van der Waals surface area contributed by atoms with E-state index >= 15 is 0 Å². The molecule has 4 rings (SSSR count). The van der Waals surface area contributed by atoms with Gasteiger partial charge in [-0.05, 0) is 20.8 Å². The summed E-state index contributed by atoms with van der Waals surface area (Å²) in [5, 5.41) is 0. The van der Waals surface area contributed by atoms with Crippen LogP contribution in [0.25, 0.3) is 0 Å². The summed E-state index contributed by atoms with van der Waals surface area (Å²) in [6.07, 6.45) is 16.5. The molecule has 27 heavy (non-hydrogen) atoms. The van der Waals surface area contributed by atoms with Crippen molar-refractivity contribution in [3.05, 3.63) is 73.4 Å². The third kappa shape index (κ3) is 9.20. The van der Waals surface area contributed by atoms with Gasteiger partial charge in [0.15, 0.2) is 0 Å². The molecule has 0 radical (unpaired) electrons. The van der Waals surface area contributed by atoms with E-state index < -0.39 is 0 Å². The molecular weight excluding hydrogens is 340 g/mol. The highest BCUT2D eigenvalue weighted by Crippen LogP contribution is 1.89. The van der Waals surface area contributed by atoms with Crippen LogP contribution >= 0.6 is 0 Å². The second kappa shape index (κ2) is 11.5. The Morgan fingerprint density at radius 1 is 0.704 bits per heavy atom. The van der Waals surface area contributed by atoms with Crippen molar-refractivity contribution in [1.29, 1.82) is 0 Å². The Morgan fingerprint density at radius 3 is 1.59 bits per heavy atom. The Bertz CT molecular complexity index is 779. The average Bonchev–Trinajstić information content (AvgIpc) is 3.40. The second-order valence-electron chi connectivity index (χ2n) is 6.14. The van der Waals surface area contributed by atoms with Crippen LogP contribution in [0.1, 0.15) is 17.2 Å². The quantitative estimate of drug-likeness (QED) is 0.477. The van der Waals surface area contributed by atoms with Gasteiger partial charge in [0, 0.05) is 71.1 Å². The Balaban J connectivity index is 0.000000180. The molecule has 0 aromatic carbocycles. The standard InChI is InChI=1S/3C5H8N2.C4H6N2/c1-5-3-7(2)4-6-5;1-5-3-6-4-7(5)2;1-5-6-3-4-7(5)2;1-6-3-2-5-4-6/h3*3-4H,1-2H3;2-4H,1H3. The summed E-state index contributed by atoms with van der Waals surface area (Å²) in [7, 11) is 7.84. The molecule has 0 saturated carbocycles. The molecule has 0 atom stereocenters. The van der Waals surface area contributed by atoms with Crippen LogP contribution in [-0.2, 0) is 28.2 Å². The van der Waals surface area contributed by atoms with Gasteiger partial charge in [0.25, 0.3) is 0 Å². The molecule has 4 aromatic rings. The minimum Gasteiger partial charge on any atom is -0.341 e. The molecule has 0 fully saturated rings. The first-order chi connectivity index (χ1) is 12.8. The van der Waals surface area contributed by atoms with Crippen LogP contribution in [0.15, 0.2) is 56.2 Å². The topological polar surface area (TPSA) is 71.3 Å². The van der Waals surface area contributed by atoms with Crippen LogP contribution < -0.4 is 0 Å². The van der Waals surface area contributed by atoms with E-state index in [2.05, 4.69) is 19.9 Å². The molecule has 146 valence electrons. The first kappa shape index (κ1) is 21.9. The van der Waals surface area contributed by atoms with Crippen molar-refractivity contribution in [2.45, 2.75) is 20.8 Å². The number of imidazole rings is 4. The van der Waals surface area contributed by atoms with Crippen molar-refractivity contribution in [3.8, 4) is 0 Å². The fourth-order valence-corrected chi connectivity index (χ4v) is 1.73. The molecule has 0 unspecified atom stereocenters. The van der Waals surface area contributed by atoms with E-state index in [1.54, 1.807) is 31.4 Å². The minimum atomic E-state index is 1.06. The van der Waals surface area contributed by atoms with Gasteiger partial charge in [0.2, 0.25) is 0 Å². The monoisotopic (exact) mass is 370 g/mol. The molecule has 4 aromatic heterocycles. The van der Waals surface area contributed by atoms with Crippen molar-refractivity contribution >= 4 is 0 Å². The van der Waals surface area contributed by atoms with Crippen LogP contribution in [0.4, 0.5) is 0 Å². The van der Waals surface area contributed by atoms with Gasteiger partial charge in [0.1, 0.15) is 5.82 Å². The maximum atomic E-state index is 3.98. The van der Waals surface area contributed by atoms with Gasteiger partial charge < -0.3 is 18.3 Å². The highest BCUT2D eigenvalue weighted by Gasteiger charge is 1.84. The lowest BCUT2D eigenvalue weighted by atomic mass is 10.5. The number of hydrogen-bond donors (Lipinski definition) is 0. The summed E-state index contributed by atoms with van der Waals surface area (Å²) >= 11 is 0. The molecule has 4 heterocycles. The van der Waals surface area contributed by atoms with Gasteiger partial charge in [-0.1, -0.05) is 0 Å². The molecule has 0 spiro atoms. The van der Waals surface area contributed by atoms with Crippen molar-refractivity contribution in [2.75, 3.05) is 0 Å². The van der Waals surface area contributed by atoms with Gasteiger partial charge in [0.05, 0.1) is 24.7 Å². The van der Waals surface area contributed by atoms with E-state index in [-0.39, 0.29) is 0 Å². The summed E-state index contributed by atoms with van der Waals surface area (Å²) in [6.45, 7) is 5.97. The van der Waals surface area contributed by atoms with E-state index in [0.29, 0.717) is 0 Å². The van der Waals surface area contributed by atoms with Crippen LogP contribution in [-0.4, -0.2) is 38.2 Å². The lowest BCUT2D eigenvalue weighted by molar-refractivity contribution is 0.858. The van der Waals surface area contributed by atoms with Gasteiger partial charge in [-0.2, -0.15) is 0 Å². The highest BCUT2D eigenvalue weighted by molar-refractivity contribution is 4.92. The fraction of sp³-hybridized carbons (Fsp3) is 0.368. The Kier molecular flexibility index (Phi) is 9.28. The number of nitrogens with zero attached hydrogens (tertiary/aromatic N) is 8. The highest BCUT2D eigenvalue weighted by atomic mass is 15.0. The van der Waals surface area contributed by atoms with Crippen molar-refractivity contribution in [3.63, 3.8) is 0 Å². The first-order valence-electron chi connectivity index (χ1n) is 8.53. The van der Waals surface area contributed by atoms with Crippen LogP contribution in [0.3, 0.4) is 0 Å². The molecule has 0 N–H and O–H groups in total. The van der Waals surface area contributed by atoms with E-state index in [9.17, 15) is 0 Å².